The van der Waals surface area contributed by atoms with E-state index in [4.69, 9.17) is 9.47 Å². The van der Waals surface area contributed by atoms with Crippen molar-refractivity contribution in [3.63, 3.8) is 0 Å². The minimum absolute atomic E-state index is 0.666. The first kappa shape index (κ1) is 15.4. The van der Waals surface area contributed by atoms with Crippen LogP contribution in [0.4, 0.5) is 0 Å². The fraction of sp³-hybridized carbons (Fsp3) is 0.333. The molecule has 0 unspecified atom stereocenters. The Kier molecular flexibility index (Phi) is 6.10. The fourth-order valence-corrected chi connectivity index (χ4v) is 1.86. The number of hydrogen-bond donors (Lipinski definition) is 1. The van der Waals surface area contributed by atoms with Crippen molar-refractivity contribution in [3.8, 4) is 17.2 Å². The van der Waals surface area contributed by atoms with Crippen LogP contribution in [0, 0.1) is 5.92 Å². The maximum absolute atomic E-state index is 5.73. The highest BCUT2D eigenvalue weighted by molar-refractivity contribution is 5.35. The third-order valence-electron chi connectivity index (χ3n) is 2.90. The van der Waals surface area contributed by atoms with Crippen molar-refractivity contribution in [1.29, 1.82) is 0 Å². The maximum Gasteiger partial charge on any atom is 0.127 e. The molecule has 0 aliphatic heterocycles. The van der Waals surface area contributed by atoms with E-state index in [0.717, 1.165) is 30.3 Å². The number of rotatable bonds is 8. The van der Waals surface area contributed by atoms with E-state index in [2.05, 4.69) is 19.2 Å². The van der Waals surface area contributed by atoms with Crippen LogP contribution in [0.15, 0.2) is 54.6 Å². The number of para-hydroxylation sites is 1. The van der Waals surface area contributed by atoms with Crippen LogP contribution in [0.3, 0.4) is 0 Å². The average Bonchev–Trinajstić information content (AvgIpc) is 2.49. The van der Waals surface area contributed by atoms with Crippen molar-refractivity contribution >= 4 is 0 Å². The second-order valence-electron chi connectivity index (χ2n) is 5.33. The van der Waals surface area contributed by atoms with Gasteiger partial charge in [-0.25, -0.2) is 0 Å². The molecular formula is C18H23NO2. The molecule has 0 saturated heterocycles. The molecular weight excluding hydrogens is 262 g/mol. The molecule has 0 aromatic heterocycles. The molecule has 0 spiro atoms. The molecule has 112 valence electrons. The topological polar surface area (TPSA) is 30.5 Å². The molecule has 1 N–H and O–H groups in total. The van der Waals surface area contributed by atoms with E-state index in [1.54, 1.807) is 0 Å². The van der Waals surface area contributed by atoms with E-state index in [1.807, 2.05) is 54.6 Å². The lowest BCUT2D eigenvalue weighted by Crippen LogP contribution is -2.24. The molecule has 2 rings (SSSR count). The lowest BCUT2D eigenvalue weighted by molar-refractivity contribution is 0.310. The van der Waals surface area contributed by atoms with Crippen molar-refractivity contribution < 1.29 is 9.47 Å². The van der Waals surface area contributed by atoms with Gasteiger partial charge in [-0.05, 0) is 48.9 Å². The van der Waals surface area contributed by atoms with E-state index < -0.39 is 0 Å². The van der Waals surface area contributed by atoms with Crippen LogP contribution in [0.25, 0.3) is 0 Å². The van der Waals surface area contributed by atoms with Crippen molar-refractivity contribution in [2.75, 3.05) is 19.7 Å². The van der Waals surface area contributed by atoms with Gasteiger partial charge in [0.25, 0.3) is 0 Å². The van der Waals surface area contributed by atoms with Crippen LogP contribution < -0.4 is 14.8 Å². The van der Waals surface area contributed by atoms with Gasteiger partial charge in [0.15, 0.2) is 0 Å². The standard InChI is InChI=1S/C18H23NO2/c1-15(2)14-19-12-13-20-16-8-10-18(11-9-16)21-17-6-4-3-5-7-17/h3-11,15,19H,12-14H2,1-2H3. The van der Waals surface area contributed by atoms with E-state index in [9.17, 15) is 0 Å². The fourth-order valence-electron chi connectivity index (χ4n) is 1.86. The smallest absolute Gasteiger partial charge is 0.127 e. The zero-order chi connectivity index (χ0) is 14.9. The molecule has 0 amide bonds. The molecule has 0 radical (unpaired) electrons. The summed E-state index contributed by atoms with van der Waals surface area (Å²) in [7, 11) is 0. The zero-order valence-electron chi connectivity index (χ0n) is 12.7. The summed E-state index contributed by atoms with van der Waals surface area (Å²) >= 11 is 0. The van der Waals surface area contributed by atoms with Crippen LogP contribution in [-0.2, 0) is 0 Å². The molecule has 2 aromatic carbocycles. The number of nitrogens with one attached hydrogen (secondary N) is 1. The van der Waals surface area contributed by atoms with Crippen molar-refractivity contribution in [3.05, 3.63) is 54.6 Å². The number of ether oxygens (including phenoxy) is 2. The third-order valence-corrected chi connectivity index (χ3v) is 2.90. The van der Waals surface area contributed by atoms with Gasteiger partial charge in [-0.3, -0.25) is 0 Å². The Hall–Kier alpha value is -2.00. The summed E-state index contributed by atoms with van der Waals surface area (Å²) in [6.07, 6.45) is 0. The second-order valence-corrected chi connectivity index (χ2v) is 5.33. The normalized spacial score (nSPS) is 10.6. The predicted molar refractivity (Wildman–Crippen MR) is 86.2 cm³/mol. The molecule has 0 heterocycles. The Bertz CT molecular complexity index is 509. The number of hydrogen-bond acceptors (Lipinski definition) is 3. The van der Waals surface area contributed by atoms with Gasteiger partial charge in [-0.2, -0.15) is 0 Å². The molecule has 0 saturated carbocycles. The van der Waals surface area contributed by atoms with Crippen molar-refractivity contribution in [1.82, 2.24) is 5.32 Å². The van der Waals surface area contributed by atoms with E-state index in [0.29, 0.717) is 12.5 Å². The monoisotopic (exact) mass is 285 g/mol. The zero-order valence-corrected chi connectivity index (χ0v) is 12.7. The molecule has 3 nitrogen and oxygen atoms in total. The quantitative estimate of drug-likeness (QED) is 0.741. The van der Waals surface area contributed by atoms with Gasteiger partial charge >= 0.3 is 0 Å². The Morgan fingerprint density at radius 3 is 2.14 bits per heavy atom. The van der Waals surface area contributed by atoms with E-state index >= 15 is 0 Å². The Morgan fingerprint density at radius 2 is 1.48 bits per heavy atom. The molecule has 0 bridgehead atoms. The average molecular weight is 285 g/mol. The summed E-state index contributed by atoms with van der Waals surface area (Å²) in [6, 6.07) is 17.5. The summed E-state index contributed by atoms with van der Waals surface area (Å²) < 4.78 is 11.4. The Morgan fingerprint density at radius 1 is 0.857 bits per heavy atom. The highest BCUT2D eigenvalue weighted by Crippen LogP contribution is 2.23. The van der Waals surface area contributed by atoms with Crippen LogP contribution >= 0.6 is 0 Å². The summed E-state index contributed by atoms with van der Waals surface area (Å²) in [4.78, 5) is 0. The highest BCUT2D eigenvalue weighted by atomic mass is 16.5. The van der Waals surface area contributed by atoms with E-state index in [1.165, 1.54) is 0 Å². The van der Waals surface area contributed by atoms with Crippen LogP contribution in [0.5, 0.6) is 17.2 Å². The molecule has 0 fully saturated rings. The van der Waals surface area contributed by atoms with Crippen molar-refractivity contribution in [2.24, 2.45) is 5.92 Å². The summed E-state index contributed by atoms with van der Waals surface area (Å²) in [5.74, 6) is 3.18. The van der Waals surface area contributed by atoms with Gasteiger partial charge in [0.2, 0.25) is 0 Å². The highest BCUT2D eigenvalue weighted by Gasteiger charge is 1.98. The lowest BCUT2D eigenvalue weighted by atomic mass is 10.2. The minimum Gasteiger partial charge on any atom is -0.492 e. The minimum atomic E-state index is 0.666. The van der Waals surface area contributed by atoms with Crippen LogP contribution in [0.2, 0.25) is 0 Å². The molecule has 0 aliphatic carbocycles. The first-order valence-electron chi connectivity index (χ1n) is 7.40. The molecule has 21 heavy (non-hydrogen) atoms. The van der Waals surface area contributed by atoms with Gasteiger partial charge in [-0.1, -0.05) is 32.0 Å². The predicted octanol–water partition coefficient (Wildman–Crippen LogP) is 4.10. The van der Waals surface area contributed by atoms with Gasteiger partial charge in [0.1, 0.15) is 23.9 Å². The van der Waals surface area contributed by atoms with Gasteiger partial charge in [0.05, 0.1) is 0 Å². The molecule has 0 aliphatic rings. The van der Waals surface area contributed by atoms with Gasteiger partial charge < -0.3 is 14.8 Å². The SMILES string of the molecule is CC(C)CNCCOc1ccc(Oc2ccccc2)cc1. The maximum atomic E-state index is 5.73. The van der Waals surface area contributed by atoms with E-state index in [-0.39, 0.29) is 0 Å². The van der Waals surface area contributed by atoms with Crippen LogP contribution in [-0.4, -0.2) is 19.7 Å². The second kappa shape index (κ2) is 8.32. The molecule has 0 atom stereocenters. The largest absolute Gasteiger partial charge is 0.492 e. The van der Waals surface area contributed by atoms with Gasteiger partial charge in [-0.15, -0.1) is 0 Å². The number of benzene rings is 2. The molecule has 2 aromatic rings. The first-order valence-corrected chi connectivity index (χ1v) is 7.40. The first-order chi connectivity index (χ1) is 10.2. The summed E-state index contributed by atoms with van der Waals surface area (Å²) in [6.45, 7) is 6.94. The van der Waals surface area contributed by atoms with Gasteiger partial charge in [0, 0.05) is 6.54 Å². The third kappa shape index (κ3) is 5.88. The lowest BCUT2D eigenvalue weighted by Gasteiger charge is -2.10. The Balaban J connectivity index is 1.74. The van der Waals surface area contributed by atoms with Crippen LogP contribution in [0.1, 0.15) is 13.8 Å². The summed E-state index contributed by atoms with van der Waals surface area (Å²) in [5.41, 5.74) is 0. The summed E-state index contributed by atoms with van der Waals surface area (Å²) in [5, 5.41) is 3.35. The van der Waals surface area contributed by atoms with Crippen molar-refractivity contribution in [2.45, 2.75) is 13.8 Å². The Labute approximate surface area is 126 Å². The molecule has 3 heteroatoms.